The molecule has 6 heteroatoms. The minimum absolute atomic E-state index is 0.0754. The summed E-state index contributed by atoms with van der Waals surface area (Å²) in [5.74, 6) is -0.120. The van der Waals surface area contributed by atoms with Crippen LogP contribution in [0.3, 0.4) is 0 Å². The second-order valence-electron chi connectivity index (χ2n) is 4.23. The van der Waals surface area contributed by atoms with E-state index >= 15 is 0 Å². The molecular formula is C12H13BrF3NO. The number of rotatable bonds is 2. The molecule has 0 spiro atoms. The lowest BCUT2D eigenvalue weighted by atomic mass is 9.97. The number of hydrogen-bond acceptors (Lipinski definition) is 2. The van der Waals surface area contributed by atoms with Gasteiger partial charge in [0.05, 0.1) is 0 Å². The summed E-state index contributed by atoms with van der Waals surface area (Å²) in [5.41, 5.74) is 0.557. The van der Waals surface area contributed by atoms with Gasteiger partial charge in [-0.1, -0.05) is 22.4 Å². The van der Waals surface area contributed by atoms with Gasteiger partial charge < -0.3 is 10.1 Å². The lowest BCUT2D eigenvalue weighted by Crippen LogP contribution is -2.28. The lowest BCUT2D eigenvalue weighted by Gasteiger charge is -2.26. The van der Waals surface area contributed by atoms with Gasteiger partial charge in [-0.05, 0) is 37.6 Å². The molecule has 1 N–H and O–H groups in total. The van der Waals surface area contributed by atoms with Crippen LogP contribution in [-0.2, 0) is 0 Å². The highest BCUT2D eigenvalue weighted by molar-refractivity contribution is 9.10. The minimum Gasteiger partial charge on any atom is -0.405 e. The molecule has 2 rings (SSSR count). The molecule has 0 radical (unpaired) electrons. The van der Waals surface area contributed by atoms with Crippen LogP contribution >= 0.6 is 15.9 Å². The maximum Gasteiger partial charge on any atom is 0.573 e. The predicted octanol–water partition coefficient (Wildman–Crippen LogP) is 4.16. The van der Waals surface area contributed by atoms with Gasteiger partial charge in [-0.25, -0.2) is 0 Å². The van der Waals surface area contributed by atoms with Crippen LogP contribution in [-0.4, -0.2) is 12.9 Å². The third-order valence-electron chi connectivity index (χ3n) is 2.88. The smallest absolute Gasteiger partial charge is 0.405 e. The third-order valence-corrected chi connectivity index (χ3v) is 3.38. The Hall–Kier alpha value is -0.750. The van der Waals surface area contributed by atoms with Gasteiger partial charge in [-0.3, -0.25) is 0 Å². The topological polar surface area (TPSA) is 21.3 Å². The largest absolute Gasteiger partial charge is 0.573 e. The van der Waals surface area contributed by atoms with Crippen LogP contribution in [0.5, 0.6) is 5.75 Å². The summed E-state index contributed by atoms with van der Waals surface area (Å²) < 4.78 is 41.8. The van der Waals surface area contributed by atoms with Crippen LogP contribution < -0.4 is 10.1 Å². The third kappa shape index (κ3) is 3.62. The van der Waals surface area contributed by atoms with Crippen molar-refractivity contribution >= 4 is 15.9 Å². The molecule has 18 heavy (non-hydrogen) atoms. The van der Waals surface area contributed by atoms with Gasteiger partial charge in [-0.15, -0.1) is 13.2 Å². The number of piperidine rings is 1. The molecule has 0 aliphatic carbocycles. The van der Waals surface area contributed by atoms with Crippen LogP contribution in [0.1, 0.15) is 30.9 Å². The molecule has 2 nitrogen and oxygen atoms in total. The van der Waals surface area contributed by atoms with Crippen LogP contribution in [0.15, 0.2) is 22.7 Å². The summed E-state index contributed by atoms with van der Waals surface area (Å²) >= 11 is 3.28. The molecule has 1 aromatic rings. The van der Waals surface area contributed by atoms with E-state index in [-0.39, 0.29) is 11.8 Å². The molecule has 0 aromatic heterocycles. The zero-order chi connectivity index (χ0) is 13.2. The Balaban J connectivity index is 2.28. The van der Waals surface area contributed by atoms with Crippen molar-refractivity contribution in [1.29, 1.82) is 0 Å². The Morgan fingerprint density at radius 1 is 1.28 bits per heavy atom. The molecule has 1 fully saturated rings. The molecule has 1 heterocycles. The summed E-state index contributed by atoms with van der Waals surface area (Å²) in [7, 11) is 0. The lowest BCUT2D eigenvalue weighted by molar-refractivity contribution is -0.275. The van der Waals surface area contributed by atoms with Crippen molar-refractivity contribution in [3.63, 3.8) is 0 Å². The first kappa shape index (κ1) is 13.7. The first-order valence-corrected chi connectivity index (χ1v) is 6.53. The molecule has 1 aromatic carbocycles. The number of alkyl halides is 3. The van der Waals surface area contributed by atoms with E-state index in [1.54, 1.807) is 12.1 Å². The first-order valence-electron chi connectivity index (χ1n) is 5.74. The van der Waals surface area contributed by atoms with E-state index in [2.05, 4.69) is 26.0 Å². The SMILES string of the molecule is FC(F)(F)Oc1ccc(Br)cc1[C@@H]1CCCCN1. The highest BCUT2D eigenvalue weighted by atomic mass is 79.9. The Morgan fingerprint density at radius 2 is 2.06 bits per heavy atom. The standard InChI is InChI=1S/C12H13BrF3NO/c13-8-4-5-11(18-12(14,15)16)9(7-8)10-3-1-2-6-17-10/h4-5,7,10,17H,1-3,6H2/t10-/m0/s1. The van der Waals surface area contributed by atoms with Gasteiger partial charge in [0.2, 0.25) is 0 Å². The van der Waals surface area contributed by atoms with Gasteiger partial charge in [0.1, 0.15) is 5.75 Å². The van der Waals surface area contributed by atoms with Gasteiger partial charge in [0.15, 0.2) is 0 Å². The van der Waals surface area contributed by atoms with Gasteiger partial charge in [0.25, 0.3) is 0 Å². The average Bonchev–Trinajstić information content (AvgIpc) is 2.31. The maximum atomic E-state index is 12.3. The quantitative estimate of drug-likeness (QED) is 0.882. The summed E-state index contributed by atoms with van der Waals surface area (Å²) in [6, 6.07) is 4.51. The van der Waals surface area contributed by atoms with E-state index in [4.69, 9.17) is 0 Å². The zero-order valence-electron chi connectivity index (χ0n) is 9.56. The fourth-order valence-corrected chi connectivity index (χ4v) is 2.51. The summed E-state index contributed by atoms with van der Waals surface area (Å²) in [6.07, 6.45) is -1.77. The molecular weight excluding hydrogens is 311 g/mol. The van der Waals surface area contributed by atoms with Crippen molar-refractivity contribution in [2.45, 2.75) is 31.7 Å². The molecule has 1 atom stereocenters. The van der Waals surface area contributed by atoms with Crippen LogP contribution in [0, 0.1) is 0 Å². The van der Waals surface area contributed by atoms with Crippen LogP contribution in [0.25, 0.3) is 0 Å². The zero-order valence-corrected chi connectivity index (χ0v) is 11.1. The van der Waals surface area contributed by atoms with E-state index in [0.717, 1.165) is 30.3 Å². The summed E-state index contributed by atoms with van der Waals surface area (Å²) in [6.45, 7) is 0.822. The Labute approximate surface area is 112 Å². The van der Waals surface area contributed by atoms with Crippen LogP contribution in [0.2, 0.25) is 0 Å². The molecule has 0 unspecified atom stereocenters. The molecule has 0 amide bonds. The monoisotopic (exact) mass is 323 g/mol. The van der Waals surface area contributed by atoms with Crippen molar-refractivity contribution in [2.24, 2.45) is 0 Å². The van der Waals surface area contributed by atoms with Crippen LogP contribution in [0.4, 0.5) is 13.2 Å². The van der Waals surface area contributed by atoms with E-state index in [1.807, 2.05) is 0 Å². The molecule has 0 bridgehead atoms. The minimum atomic E-state index is -4.66. The number of hydrogen-bond donors (Lipinski definition) is 1. The maximum absolute atomic E-state index is 12.3. The molecule has 100 valence electrons. The van der Waals surface area contributed by atoms with E-state index in [9.17, 15) is 13.2 Å². The van der Waals surface area contributed by atoms with Gasteiger partial charge in [0, 0.05) is 16.1 Å². The summed E-state index contributed by atoms with van der Waals surface area (Å²) in [5, 5.41) is 3.22. The Morgan fingerprint density at radius 3 is 2.67 bits per heavy atom. The number of halogens is 4. The van der Waals surface area contributed by atoms with E-state index in [0.29, 0.717) is 5.56 Å². The number of ether oxygens (including phenoxy) is 1. The van der Waals surface area contributed by atoms with E-state index < -0.39 is 6.36 Å². The summed E-state index contributed by atoms with van der Waals surface area (Å²) in [4.78, 5) is 0. The molecule has 1 aliphatic heterocycles. The molecule has 0 saturated carbocycles. The van der Waals surface area contributed by atoms with Gasteiger partial charge >= 0.3 is 6.36 Å². The second kappa shape index (κ2) is 5.48. The fourth-order valence-electron chi connectivity index (χ4n) is 2.13. The molecule has 1 saturated heterocycles. The van der Waals surface area contributed by atoms with Crippen molar-refractivity contribution in [1.82, 2.24) is 5.32 Å². The number of nitrogens with one attached hydrogen (secondary N) is 1. The van der Waals surface area contributed by atoms with Crippen molar-refractivity contribution < 1.29 is 17.9 Å². The second-order valence-corrected chi connectivity index (χ2v) is 5.15. The normalized spacial score (nSPS) is 20.8. The van der Waals surface area contributed by atoms with Gasteiger partial charge in [-0.2, -0.15) is 0 Å². The van der Waals surface area contributed by atoms with Crippen molar-refractivity contribution in [2.75, 3.05) is 6.54 Å². The number of benzene rings is 1. The Bertz CT molecular complexity index is 416. The molecule has 1 aliphatic rings. The van der Waals surface area contributed by atoms with Crippen molar-refractivity contribution in [3.8, 4) is 5.75 Å². The average molecular weight is 324 g/mol. The first-order chi connectivity index (χ1) is 8.46. The van der Waals surface area contributed by atoms with Crippen molar-refractivity contribution in [3.05, 3.63) is 28.2 Å². The van der Waals surface area contributed by atoms with E-state index in [1.165, 1.54) is 6.07 Å². The highest BCUT2D eigenvalue weighted by Crippen LogP contribution is 2.35. The Kier molecular flexibility index (Phi) is 4.17. The predicted molar refractivity (Wildman–Crippen MR) is 65.4 cm³/mol. The highest BCUT2D eigenvalue weighted by Gasteiger charge is 2.33. The fraction of sp³-hybridized carbons (Fsp3) is 0.500.